The number of ether oxygens (including phenoxy) is 1. The molecule has 0 fully saturated rings. The molecule has 0 bridgehead atoms. The molecular weight excluding hydrogens is 232 g/mol. The third-order valence-corrected chi connectivity index (χ3v) is 2.44. The number of rotatable bonds is 3. The molecular formula is C12H14N4O2. The van der Waals surface area contributed by atoms with Gasteiger partial charge in [0.25, 0.3) is 5.91 Å². The number of anilines is 2. The molecule has 0 aliphatic heterocycles. The van der Waals surface area contributed by atoms with Gasteiger partial charge in [0.15, 0.2) is 5.82 Å². The molecule has 0 atom stereocenters. The van der Waals surface area contributed by atoms with Gasteiger partial charge in [-0.2, -0.15) is 5.10 Å². The number of hydrogen-bond donors (Lipinski definition) is 3. The summed E-state index contributed by atoms with van der Waals surface area (Å²) in [6, 6.07) is 6.60. The van der Waals surface area contributed by atoms with E-state index in [1.807, 2.05) is 6.92 Å². The first-order valence-corrected chi connectivity index (χ1v) is 5.37. The van der Waals surface area contributed by atoms with Crippen molar-refractivity contribution < 1.29 is 9.53 Å². The minimum atomic E-state index is -0.268. The lowest BCUT2D eigenvalue weighted by Crippen LogP contribution is -2.12. The highest BCUT2D eigenvalue weighted by atomic mass is 16.5. The van der Waals surface area contributed by atoms with Crippen LogP contribution in [0.15, 0.2) is 24.3 Å². The highest BCUT2D eigenvalue weighted by Crippen LogP contribution is 2.22. The summed E-state index contributed by atoms with van der Waals surface area (Å²) in [6.45, 7) is 1.86. The molecule has 18 heavy (non-hydrogen) atoms. The van der Waals surface area contributed by atoms with Crippen molar-refractivity contribution >= 4 is 17.4 Å². The monoisotopic (exact) mass is 246 g/mol. The number of aryl methyl sites for hydroxylation is 1. The number of hydrogen-bond acceptors (Lipinski definition) is 4. The molecule has 0 radical (unpaired) electrons. The van der Waals surface area contributed by atoms with Crippen LogP contribution in [0.3, 0.4) is 0 Å². The first-order chi connectivity index (χ1) is 8.60. The second kappa shape index (κ2) is 4.79. The molecule has 94 valence electrons. The van der Waals surface area contributed by atoms with Crippen molar-refractivity contribution in [2.24, 2.45) is 0 Å². The van der Waals surface area contributed by atoms with Crippen molar-refractivity contribution in [3.8, 4) is 5.75 Å². The molecule has 6 nitrogen and oxygen atoms in total. The van der Waals surface area contributed by atoms with Gasteiger partial charge in [0.2, 0.25) is 0 Å². The lowest BCUT2D eigenvalue weighted by atomic mass is 10.2. The number of aromatic nitrogens is 2. The van der Waals surface area contributed by atoms with Crippen LogP contribution in [0.5, 0.6) is 5.75 Å². The summed E-state index contributed by atoms with van der Waals surface area (Å²) in [5, 5.41) is 9.34. The van der Waals surface area contributed by atoms with Crippen LogP contribution in [0.25, 0.3) is 0 Å². The maximum atomic E-state index is 11.9. The Hall–Kier alpha value is -2.50. The molecule has 1 heterocycles. The van der Waals surface area contributed by atoms with Gasteiger partial charge in [-0.25, -0.2) is 0 Å². The summed E-state index contributed by atoms with van der Waals surface area (Å²) in [7, 11) is 1.53. The number of methoxy groups -OCH3 is 1. The molecule has 0 unspecified atom stereocenters. The van der Waals surface area contributed by atoms with Gasteiger partial charge in [0.1, 0.15) is 5.75 Å². The normalized spacial score (nSPS) is 10.1. The van der Waals surface area contributed by atoms with Crippen molar-refractivity contribution in [2.75, 3.05) is 18.2 Å². The second-order valence-corrected chi connectivity index (χ2v) is 3.85. The maximum Gasteiger partial charge on any atom is 0.256 e. The Morgan fingerprint density at radius 2 is 2.22 bits per heavy atom. The Balaban J connectivity index is 2.16. The van der Waals surface area contributed by atoms with Gasteiger partial charge in [-0.3, -0.25) is 9.89 Å². The fourth-order valence-corrected chi connectivity index (χ4v) is 1.55. The van der Waals surface area contributed by atoms with Crippen LogP contribution in [-0.4, -0.2) is 23.2 Å². The van der Waals surface area contributed by atoms with Gasteiger partial charge in [0, 0.05) is 17.3 Å². The van der Waals surface area contributed by atoms with E-state index < -0.39 is 0 Å². The largest absolute Gasteiger partial charge is 0.495 e. The van der Waals surface area contributed by atoms with Crippen LogP contribution in [0.4, 0.5) is 11.5 Å². The van der Waals surface area contributed by atoms with E-state index in [0.717, 1.165) is 5.69 Å². The van der Waals surface area contributed by atoms with Crippen molar-refractivity contribution in [3.63, 3.8) is 0 Å². The lowest BCUT2D eigenvalue weighted by molar-refractivity contribution is 0.102. The first kappa shape index (κ1) is 12.0. The molecule has 1 amide bonds. The highest BCUT2D eigenvalue weighted by Gasteiger charge is 2.10. The zero-order chi connectivity index (χ0) is 13.1. The van der Waals surface area contributed by atoms with Crippen LogP contribution < -0.4 is 15.8 Å². The van der Waals surface area contributed by atoms with E-state index >= 15 is 0 Å². The molecule has 2 aromatic rings. The minimum absolute atomic E-state index is 0.268. The summed E-state index contributed by atoms with van der Waals surface area (Å²) < 4.78 is 5.03. The predicted octanol–water partition coefficient (Wildman–Crippen LogP) is 1.56. The SMILES string of the molecule is COc1ccc(C(=O)Nc2cc(C)[nH]n2)cc1N. The summed E-state index contributed by atoms with van der Waals surface area (Å²) in [5.41, 5.74) is 7.49. The van der Waals surface area contributed by atoms with Gasteiger partial charge < -0.3 is 15.8 Å². The van der Waals surface area contributed by atoms with E-state index in [4.69, 9.17) is 10.5 Å². The Morgan fingerprint density at radius 3 is 2.78 bits per heavy atom. The number of nitrogens with one attached hydrogen (secondary N) is 2. The van der Waals surface area contributed by atoms with E-state index in [1.165, 1.54) is 7.11 Å². The smallest absolute Gasteiger partial charge is 0.256 e. The molecule has 0 spiro atoms. The van der Waals surface area contributed by atoms with E-state index in [9.17, 15) is 4.79 Å². The van der Waals surface area contributed by atoms with E-state index in [-0.39, 0.29) is 5.91 Å². The maximum absolute atomic E-state index is 11.9. The van der Waals surface area contributed by atoms with Gasteiger partial charge in [-0.15, -0.1) is 0 Å². The van der Waals surface area contributed by atoms with Crippen molar-refractivity contribution in [1.82, 2.24) is 10.2 Å². The summed E-state index contributed by atoms with van der Waals surface area (Å²) in [6.07, 6.45) is 0. The third-order valence-electron chi connectivity index (χ3n) is 2.44. The average Bonchev–Trinajstić information content (AvgIpc) is 2.74. The predicted molar refractivity (Wildman–Crippen MR) is 68.7 cm³/mol. The van der Waals surface area contributed by atoms with Gasteiger partial charge >= 0.3 is 0 Å². The fraction of sp³-hybridized carbons (Fsp3) is 0.167. The molecule has 1 aromatic heterocycles. The number of nitrogens with zero attached hydrogens (tertiary/aromatic N) is 1. The van der Waals surface area contributed by atoms with Crippen molar-refractivity contribution in [3.05, 3.63) is 35.5 Å². The standard InChI is InChI=1S/C12H14N4O2/c1-7-5-11(16-15-7)14-12(17)8-3-4-10(18-2)9(13)6-8/h3-6H,13H2,1-2H3,(H2,14,15,16,17). The zero-order valence-electron chi connectivity index (χ0n) is 10.2. The van der Waals surface area contributed by atoms with Crippen molar-refractivity contribution in [1.29, 1.82) is 0 Å². The molecule has 0 aliphatic rings. The molecule has 0 saturated heterocycles. The second-order valence-electron chi connectivity index (χ2n) is 3.85. The molecule has 0 aliphatic carbocycles. The third kappa shape index (κ3) is 2.42. The number of amides is 1. The van der Waals surface area contributed by atoms with E-state index in [2.05, 4.69) is 15.5 Å². The minimum Gasteiger partial charge on any atom is -0.495 e. The number of nitrogens with two attached hydrogens (primary N) is 1. The van der Waals surface area contributed by atoms with Gasteiger partial charge in [0.05, 0.1) is 12.8 Å². The van der Waals surface area contributed by atoms with E-state index in [0.29, 0.717) is 22.8 Å². The summed E-state index contributed by atoms with van der Waals surface area (Å²) >= 11 is 0. The van der Waals surface area contributed by atoms with Crippen LogP contribution in [0.1, 0.15) is 16.1 Å². The zero-order valence-corrected chi connectivity index (χ0v) is 10.2. The lowest BCUT2D eigenvalue weighted by Gasteiger charge is -2.06. The molecule has 6 heteroatoms. The molecule has 0 saturated carbocycles. The quantitative estimate of drug-likeness (QED) is 0.716. The number of carbonyl (C=O) groups is 1. The van der Waals surface area contributed by atoms with E-state index in [1.54, 1.807) is 24.3 Å². The van der Waals surface area contributed by atoms with Crippen LogP contribution in [0, 0.1) is 6.92 Å². The van der Waals surface area contributed by atoms with Crippen LogP contribution >= 0.6 is 0 Å². The number of nitrogen functional groups attached to an aromatic ring is 1. The van der Waals surface area contributed by atoms with Gasteiger partial charge in [-0.05, 0) is 25.1 Å². The number of carbonyl (C=O) groups excluding carboxylic acids is 1. The highest BCUT2D eigenvalue weighted by molar-refractivity contribution is 6.04. The molecule has 2 rings (SSSR count). The Labute approximate surface area is 104 Å². The Bertz CT molecular complexity index is 577. The van der Waals surface area contributed by atoms with Gasteiger partial charge in [-0.1, -0.05) is 0 Å². The molecule has 1 aromatic carbocycles. The number of benzene rings is 1. The number of aromatic amines is 1. The first-order valence-electron chi connectivity index (χ1n) is 5.37. The van der Waals surface area contributed by atoms with Crippen LogP contribution in [-0.2, 0) is 0 Å². The summed E-state index contributed by atoms with van der Waals surface area (Å²) in [4.78, 5) is 11.9. The Kier molecular flexibility index (Phi) is 3.18. The van der Waals surface area contributed by atoms with Crippen molar-refractivity contribution in [2.45, 2.75) is 6.92 Å². The Morgan fingerprint density at radius 1 is 1.44 bits per heavy atom. The number of H-pyrrole nitrogens is 1. The average molecular weight is 246 g/mol. The molecule has 4 N–H and O–H groups in total. The summed E-state index contributed by atoms with van der Waals surface area (Å²) in [5.74, 6) is 0.755. The fourth-order valence-electron chi connectivity index (χ4n) is 1.55. The topological polar surface area (TPSA) is 93.0 Å². The van der Waals surface area contributed by atoms with Crippen LogP contribution in [0.2, 0.25) is 0 Å².